The Kier molecular flexibility index (Phi) is 2.37. The largest absolute Gasteiger partial charge is 0.268 e. The molecule has 0 aliphatic rings. The van der Waals surface area contributed by atoms with Gasteiger partial charge >= 0.3 is 0 Å². The van der Waals surface area contributed by atoms with Gasteiger partial charge in [-0.3, -0.25) is 4.40 Å². The van der Waals surface area contributed by atoms with Crippen molar-refractivity contribution >= 4 is 29.0 Å². The molecule has 0 atom stereocenters. The number of nitrogens with zero attached hydrogens (tertiary/aromatic N) is 4. The van der Waals surface area contributed by atoms with Gasteiger partial charge in [-0.1, -0.05) is 11.6 Å². The molecule has 13 heavy (non-hydrogen) atoms. The monoisotopic (exact) mass is 214 g/mol. The molecule has 0 bridgehead atoms. The summed E-state index contributed by atoms with van der Waals surface area (Å²) in [4.78, 5) is 3.96. The SMILES string of the molecule is CSCc1nnc2cc(Cl)ncn12. The lowest BCUT2D eigenvalue weighted by molar-refractivity contribution is 0.970. The van der Waals surface area contributed by atoms with E-state index in [2.05, 4.69) is 15.2 Å². The normalized spacial score (nSPS) is 10.9. The second kappa shape index (κ2) is 3.51. The first-order chi connectivity index (χ1) is 6.31. The third-order valence-electron chi connectivity index (χ3n) is 1.61. The average molecular weight is 215 g/mol. The molecule has 0 spiro atoms. The molecule has 0 aromatic carbocycles. The third-order valence-corrected chi connectivity index (χ3v) is 2.36. The molecule has 0 aliphatic heterocycles. The van der Waals surface area contributed by atoms with Gasteiger partial charge in [-0.2, -0.15) is 11.8 Å². The highest BCUT2D eigenvalue weighted by atomic mass is 35.5. The zero-order valence-corrected chi connectivity index (χ0v) is 8.51. The quantitative estimate of drug-likeness (QED) is 0.713. The van der Waals surface area contributed by atoms with Crippen molar-refractivity contribution in [2.24, 2.45) is 0 Å². The topological polar surface area (TPSA) is 43.1 Å². The molecule has 0 N–H and O–H groups in total. The van der Waals surface area contributed by atoms with Gasteiger partial charge in [-0.15, -0.1) is 10.2 Å². The maximum atomic E-state index is 5.71. The molecule has 0 fully saturated rings. The van der Waals surface area contributed by atoms with Crippen LogP contribution in [0.1, 0.15) is 5.82 Å². The van der Waals surface area contributed by atoms with E-state index in [9.17, 15) is 0 Å². The second-order valence-corrected chi connectivity index (χ2v) is 3.74. The summed E-state index contributed by atoms with van der Waals surface area (Å²) in [6.45, 7) is 0. The van der Waals surface area contributed by atoms with Crippen molar-refractivity contribution in [3.05, 3.63) is 23.4 Å². The van der Waals surface area contributed by atoms with Gasteiger partial charge in [-0.05, 0) is 6.26 Å². The Hall–Kier alpha value is -0.810. The summed E-state index contributed by atoms with van der Waals surface area (Å²) in [5.74, 6) is 1.72. The van der Waals surface area contributed by atoms with E-state index in [4.69, 9.17) is 11.6 Å². The minimum Gasteiger partial charge on any atom is -0.268 e. The number of hydrogen-bond donors (Lipinski definition) is 0. The molecule has 2 rings (SSSR count). The van der Waals surface area contributed by atoms with Crippen LogP contribution in [-0.2, 0) is 5.75 Å². The van der Waals surface area contributed by atoms with Gasteiger partial charge in [0.15, 0.2) is 5.65 Å². The molecule has 2 aromatic heterocycles. The Labute approximate surface area is 84.3 Å². The summed E-state index contributed by atoms with van der Waals surface area (Å²) >= 11 is 7.40. The summed E-state index contributed by atoms with van der Waals surface area (Å²) in [5, 5.41) is 8.43. The molecule has 0 unspecified atom stereocenters. The predicted molar refractivity (Wildman–Crippen MR) is 53.0 cm³/mol. The minimum atomic E-state index is 0.440. The first kappa shape index (κ1) is 8.77. The first-order valence-corrected chi connectivity index (χ1v) is 5.42. The van der Waals surface area contributed by atoms with Gasteiger partial charge < -0.3 is 0 Å². The molecule has 2 aromatic rings. The van der Waals surface area contributed by atoms with Crippen molar-refractivity contribution in [3.8, 4) is 0 Å². The van der Waals surface area contributed by atoms with Crippen molar-refractivity contribution in [1.82, 2.24) is 19.6 Å². The Morgan fingerprint density at radius 3 is 3.15 bits per heavy atom. The molecule has 0 radical (unpaired) electrons. The highest BCUT2D eigenvalue weighted by molar-refractivity contribution is 7.97. The van der Waals surface area contributed by atoms with E-state index in [0.29, 0.717) is 5.15 Å². The Bertz CT molecular complexity index is 427. The van der Waals surface area contributed by atoms with Crippen molar-refractivity contribution in [1.29, 1.82) is 0 Å². The van der Waals surface area contributed by atoms with Crippen LogP contribution in [0.4, 0.5) is 0 Å². The van der Waals surface area contributed by atoms with E-state index in [1.807, 2.05) is 10.7 Å². The van der Waals surface area contributed by atoms with Crippen LogP contribution in [-0.4, -0.2) is 25.8 Å². The van der Waals surface area contributed by atoms with E-state index < -0.39 is 0 Å². The van der Waals surface area contributed by atoms with E-state index >= 15 is 0 Å². The zero-order chi connectivity index (χ0) is 9.26. The molecule has 0 saturated carbocycles. The summed E-state index contributed by atoms with van der Waals surface area (Å²) in [6, 6.07) is 1.69. The molecular formula is C7H7ClN4S. The molecule has 0 amide bonds. The summed E-state index contributed by atoms with van der Waals surface area (Å²) in [6.07, 6.45) is 3.66. The van der Waals surface area contributed by atoms with Gasteiger partial charge in [0.25, 0.3) is 0 Å². The molecule has 4 nitrogen and oxygen atoms in total. The summed E-state index contributed by atoms with van der Waals surface area (Å²) in [7, 11) is 0. The smallest absolute Gasteiger partial charge is 0.165 e. The molecule has 0 aliphatic carbocycles. The van der Waals surface area contributed by atoms with Crippen molar-refractivity contribution in [2.75, 3.05) is 6.26 Å². The Morgan fingerprint density at radius 1 is 1.54 bits per heavy atom. The number of hydrogen-bond acceptors (Lipinski definition) is 4. The van der Waals surface area contributed by atoms with Gasteiger partial charge in [0.05, 0.1) is 5.75 Å². The Balaban J connectivity index is 2.55. The van der Waals surface area contributed by atoms with Crippen LogP contribution in [0, 0.1) is 0 Å². The summed E-state index contributed by atoms with van der Waals surface area (Å²) < 4.78 is 1.84. The van der Waals surface area contributed by atoms with Crippen LogP contribution >= 0.6 is 23.4 Å². The zero-order valence-electron chi connectivity index (χ0n) is 6.94. The van der Waals surface area contributed by atoms with Crippen LogP contribution < -0.4 is 0 Å². The fourth-order valence-electron chi connectivity index (χ4n) is 1.05. The van der Waals surface area contributed by atoms with E-state index in [-0.39, 0.29) is 0 Å². The molecule has 2 heterocycles. The average Bonchev–Trinajstić information content (AvgIpc) is 2.49. The highest BCUT2D eigenvalue weighted by Crippen LogP contribution is 2.11. The van der Waals surface area contributed by atoms with E-state index in [1.54, 1.807) is 24.2 Å². The van der Waals surface area contributed by atoms with Crippen molar-refractivity contribution < 1.29 is 0 Å². The van der Waals surface area contributed by atoms with Crippen molar-refractivity contribution in [3.63, 3.8) is 0 Å². The van der Waals surface area contributed by atoms with Gasteiger partial charge in [-0.25, -0.2) is 4.98 Å². The van der Waals surface area contributed by atoms with Crippen LogP contribution in [0.25, 0.3) is 5.65 Å². The standard InChI is InChI=1S/C7H7ClN4S/c1-13-3-7-11-10-6-2-5(8)9-4-12(6)7/h2,4H,3H2,1H3. The van der Waals surface area contributed by atoms with Gasteiger partial charge in [0, 0.05) is 6.07 Å². The molecule has 0 saturated heterocycles. The highest BCUT2D eigenvalue weighted by Gasteiger charge is 2.04. The predicted octanol–water partition coefficient (Wildman–Crippen LogP) is 1.64. The van der Waals surface area contributed by atoms with E-state index in [0.717, 1.165) is 17.2 Å². The first-order valence-electron chi connectivity index (χ1n) is 3.65. The Morgan fingerprint density at radius 2 is 2.38 bits per heavy atom. The van der Waals surface area contributed by atoms with Gasteiger partial charge in [0.2, 0.25) is 0 Å². The fraction of sp³-hybridized carbons (Fsp3) is 0.286. The molecular weight excluding hydrogens is 208 g/mol. The van der Waals surface area contributed by atoms with Crippen molar-refractivity contribution in [2.45, 2.75) is 5.75 Å². The lowest BCUT2D eigenvalue weighted by Gasteiger charge is -1.95. The number of rotatable bonds is 2. The number of thioether (sulfide) groups is 1. The van der Waals surface area contributed by atoms with Crippen LogP contribution in [0.15, 0.2) is 12.4 Å². The lowest BCUT2D eigenvalue weighted by Crippen LogP contribution is -1.93. The number of fused-ring (bicyclic) bond motifs is 1. The number of halogens is 1. The lowest BCUT2D eigenvalue weighted by atomic mass is 10.6. The second-order valence-electron chi connectivity index (χ2n) is 2.49. The fourth-order valence-corrected chi connectivity index (χ4v) is 1.64. The summed E-state index contributed by atoms with van der Waals surface area (Å²) in [5.41, 5.74) is 0.740. The number of aromatic nitrogens is 4. The third kappa shape index (κ3) is 1.62. The maximum Gasteiger partial charge on any atom is 0.165 e. The minimum absolute atomic E-state index is 0.440. The molecule has 68 valence electrons. The van der Waals surface area contributed by atoms with Crippen LogP contribution in [0.5, 0.6) is 0 Å². The molecule has 6 heteroatoms. The van der Waals surface area contributed by atoms with E-state index in [1.165, 1.54) is 0 Å². The van der Waals surface area contributed by atoms with Gasteiger partial charge in [0.1, 0.15) is 17.3 Å². The van der Waals surface area contributed by atoms with Crippen LogP contribution in [0.2, 0.25) is 5.15 Å². The van der Waals surface area contributed by atoms with Crippen LogP contribution in [0.3, 0.4) is 0 Å². The maximum absolute atomic E-state index is 5.71.